The van der Waals surface area contributed by atoms with Crippen LogP contribution >= 0.6 is 0 Å². The molecule has 0 spiro atoms. The highest BCUT2D eigenvalue weighted by Crippen LogP contribution is 2.38. The predicted octanol–water partition coefficient (Wildman–Crippen LogP) is 3.82. The third-order valence-corrected chi connectivity index (χ3v) is 3.98. The minimum Gasteiger partial charge on any atom is -0.483 e. The maximum Gasteiger partial charge on any atom is 0.270 e. The fourth-order valence-corrected chi connectivity index (χ4v) is 2.84. The molecule has 27 heavy (non-hydrogen) atoms. The molecule has 1 aliphatic rings. The molecule has 0 saturated carbocycles. The van der Waals surface area contributed by atoms with Crippen LogP contribution in [0.5, 0.6) is 5.75 Å². The molecule has 0 radical (unpaired) electrons. The van der Waals surface area contributed by atoms with Crippen molar-refractivity contribution < 1.29 is 9.66 Å². The van der Waals surface area contributed by atoms with Crippen LogP contribution in [0.15, 0.2) is 59.6 Å². The van der Waals surface area contributed by atoms with Gasteiger partial charge >= 0.3 is 0 Å². The third kappa shape index (κ3) is 4.30. The zero-order valence-electron chi connectivity index (χ0n) is 15.0. The molecular formula is C20H18N4O3. The van der Waals surface area contributed by atoms with E-state index in [0.717, 1.165) is 5.56 Å². The maximum atomic E-state index is 11.1. The minimum atomic E-state index is -0.632. The first kappa shape index (κ1) is 18.1. The Morgan fingerprint density at radius 1 is 1.30 bits per heavy atom. The lowest BCUT2D eigenvalue weighted by Gasteiger charge is -2.29. The number of nitrogens with one attached hydrogen (secondary N) is 1. The van der Waals surface area contributed by atoms with E-state index in [2.05, 4.69) is 10.3 Å². The lowest BCUT2D eigenvalue weighted by Crippen LogP contribution is -2.29. The van der Waals surface area contributed by atoms with Gasteiger partial charge in [0.1, 0.15) is 17.2 Å². The standard InChI is InChI=1S/C20H18N4O3/c1-20(2)12-17(16-11-15(24(25)26)8-9-18(16)27-20)23-19(22-13-21)10-14-6-4-3-5-7-14/h3-9,11-12H,10H2,1-2H3,(H,22,23). The van der Waals surface area contributed by atoms with Crippen molar-refractivity contribution >= 4 is 17.2 Å². The van der Waals surface area contributed by atoms with Gasteiger partial charge in [-0.15, -0.1) is 0 Å². The molecule has 1 heterocycles. The molecular weight excluding hydrogens is 344 g/mol. The van der Waals surface area contributed by atoms with E-state index < -0.39 is 10.5 Å². The van der Waals surface area contributed by atoms with E-state index in [4.69, 9.17) is 10.00 Å². The zero-order valence-corrected chi connectivity index (χ0v) is 15.0. The van der Waals surface area contributed by atoms with Gasteiger partial charge in [0.2, 0.25) is 0 Å². The van der Waals surface area contributed by atoms with Gasteiger partial charge in [0.15, 0.2) is 6.19 Å². The van der Waals surface area contributed by atoms with Crippen molar-refractivity contribution in [2.45, 2.75) is 25.9 Å². The summed E-state index contributed by atoms with van der Waals surface area (Å²) in [6, 6.07) is 14.0. The van der Waals surface area contributed by atoms with Gasteiger partial charge in [-0.3, -0.25) is 15.4 Å². The fourth-order valence-electron chi connectivity index (χ4n) is 2.84. The van der Waals surface area contributed by atoms with Gasteiger partial charge in [-0.25, -0.2) is 4.99 Å². The van der Waals surface area contributed by atoms with E-state index in [0.29, 0.717) is 29.3 Å². The highest BCUT2D eigenvalue weighted by molar-refractivity contribution is 5.92. The van der Waals surface area contributed by atoms with Gasteiger partial charge in [-0.05, 0) is 31.6 Å². The lowest BCUT2D eigenvalue weighted by atomic mass is 9.99. The molecule has 0 amide bonds. The summed E-state index contributed by atoms with van der Waals surface area (Å²) in [6.45, 7) is 3.75. The number of rotatable bonds is 4. The monoisotopic (exact) mass is 362 g/mol. The summed E-state index contributed by atoms with van der Waals surface area (Å²) in [7, 11) is 0. The Morgan fingerprint density at radius 2 is 2.04 bits per heavy atom. The molecule has 7 heteroatoms. The smallest absolute Gasteiger partial charge is 0.270 e. The van der Waals surface area contributed by atoms with Crippen LogP contribution < -0.4 is 10.1 Å². The summed E-state index contributed by atoms with van der Waals surface area (Å²) in [5.41, 5.74) is 1.36. The Balaban J connectivity index is 2.05. The molecule has 2 aromatic rings. The average Bonchev–Trinajstić information content (AvgIpc) is 2.61. The van der Waals surface area contributed by atoms with E-state index in [9.17, 15) is 10.1 Å². The Bertz CT molecular complexity index is 972. The Hall–Kier alpha value is -3.66. The normalized spacial score (nSPS) is 15.0. The number of hydrogen-bond acceptors (Lipinski definition) is 5. The largest absolute Gasteiger partial charge is 0.483 e. The molecule has 7 nitrogen and oxygen atoms in total. The molecule has 0 aliphatic carbocycles. The quantitative estimate of drug-likeness (QED) is 0.222. The second-order valence-corrected chi connectivity index (χ2v) is 6.63. The number of benzene rings is 2. The van der Waals surface area contributed by atoms with Crippen molar-refractivity contribution in [2.24, 2.45) is 4.99 Å². The van der Waals surface area contributed by atoms with Gasteiger partial charge in [0.05, 0.1) is 10.6 Å². The molecule has 0 saturated heterocycles. The summed E-state index contributed by atoms with van der Waals surface area (Å²) < 4.78 is 5.89. The van der Waals surface area contributed by atoms with Crippen LogP contribution in [-0.4, -0.2) is 16.4 Å². The number of aliphatic imine (C=N–C) groups is 1. The molecule has 2 aromatic carbocycles. The number of nitriles is 1. The number of nitro groups is 1. The predicted molar refractivity (Wildman–Crippen MR) is 102 cm³/mol. The molecule has 136 valence electrons. The number of hydrogen-bond donors (Lipinski definition) is 1. The van der Waals surface area contributed by atoms with Crippen molar-refractivity contribution in [1.29, 1.82) is 5.26 Å². The molecule has 0 bridgehead atoms. The molecule has 3 rings (SSSR count). The second kappa shape index (κ2) is 7.30. The fraction of sp³-hybridized carbons (Fsp3) is 0.200. The Labute approximate surface area is 156 Å². The van der Waals surface area contributed by atoms with E-state index in [1.54, 1.807) is 12.1 Å². The summed E-state index contributed by atoms with van der Waals surface area (Å²) in [5.74, 6) is 0.966. The summed E-state index contributed by atoms with van der Waals surface area (Å²) in [4.78, 5) is 15.3. The van der Waals surface area contributed by atoms with Gasteiger partial charge in [0.25, 0.3) is 5.69 Å². The number of amidine groups is 1. The number of fused-ring (bicyclic) bond motifs is 1. The first-order valence-electron chi connectivity index (χ1n) is 8.35. The van der Waals surface area contributed by atoms with Gasteiger partial charge in [0, 0.05) is 24.1 Å². The Kier molecular flexibility index (Phi) is 4.90. The van der Waals surface area contributed by atoms with Crippen LogP contribution in [0.2, 0.25) is 0 Å². The zero-order chi connectivity index (χ0) is 19.4. The first-order valence-corrected chi connectivity index (χ1v) is 8.35. The molecule has 1 aliphatic heterocycles. The SMILES string of the molecule is CC1(C)C=C(N=C(Cc2ccccc2)NC#N)c2cc([N+](=O)[O-])ccc2O1. The number of non-ortho nitro benzene ring substituents is 1. The van der Waals surface area contributed by atoms with Crippen molar-refractivity contribution in [3.8, 4) is 11.9 Å². The Morgan fingerprint density at radius 3 is 2.70 bits per heavy atom. The van der Waals surface area contributed by atoms with Crippen molar-refractivity contribution in [2.75, 3.05) is 0 Å². The number of ether oxygens (including phenoxy) is 1. The molecule has 0 unspecified atom stereocenters. The van der Waals surface area contributed by atoms with E-state index >= 15 is 0 Å². The first-order chi connectivity index (χ1) is 12.9. The summed E-state index contributed by atoms with van der Waals surface area (Å²) in [5, 5.41) is 22.8. The van der Waals surface area contributed by atoms with Crippen LogP contribution in [0.4, 0.5) is 5.69 Å². The summed E-state index contributed by atoms with van der Waals surface area (Å²) >= 11 is 0. The van der Waals surface area contributed by atoms with E-state index in [1.165, 1.54) is 12.1 Å². The maximum absolute atomic E-state index is 11.1. The molecule has 1 N–H and O–H groups in total. The van der Waals surface area contributed by atoms with Crippen LogP contribution in [-0.2, 0) is 6.42 Å². The van der Waals surface area contributed by atoms with Gasteiger partial charge < -0.3 is 4.74 Å². The average molecular weight is 362 g/mol. The van der Waals surface area contributed by atoms with Crippen LogP contribution in [0.25, 0.3) is 5.70 Å². The highest BCUT2D eigenvalue weighted by atomic mass is 16.6. The topological polar surface area (TPSA) is 101 Å². The number of nitrogens with zero attached hydrogens (tertiary/aromatic N) is 3. The molecule has 0 aromatic heterocycles. The molecule has 0 atom stereocenters. The van der Waals surface area contributed by atoms with Gasteiger partial charge in [-0.1, -0.05) is 30.3 Å². The van der Waals surface area contributed by atoms with Crippen LogP contribution in [0.3, 0.4) is 0 Å². The van der Waals surface area contributed by atoms with Gasteiger partial charge in [-0.2, -0.15) is 5.26 Å². The lowest BCUT2D eigenvalue weighted by molar-refractivity contribution is -0.384. The van der Waals surface area contributed by atoms with E-state index in [1.807, 2.05) is 50.4 Å². The van der Waals surface area contributed by atoms with Crippen LogP contribution in [0, 0.1) is 21.6 Å². The van der Waals surface area contributed by atoms with Crippen molar-refractivity contribution in [3.05, 3.63) is 75.8 Å². The third-order valence-electron chi connectivity index (χ3n) is 3.98. The minimum absolute atomic E-state index is 0.0454. The molecule has 0 fully saturated rings. The van der Waals surface area contributed by atoms with Crippen LogP contribution in [0.1, 0.15) is 25.0 Å². The van der Waals surface area contributed by atoms with Crippen molar-refractivity contribution in [1.82, 2.24) is 5.32 Å². The van der Waals surface area contributed by atoms with Crippen molar-refractivity contribution in [3.63, 3.8) is 0 Å². The highest BCUT2D eigenvalue weighted by Gasteiger charge is 2.28. The van der Waals surface area contributed by atoms with E-state index in [-0.39, 0.29) is 5.69 Å². The summed E-state index contributed by atoms with van der Waals surface area (Å²) in [6.07, 6.45) is 4.13. The second-order valence-electron chi connectivity index (χ2n) is 6.63. The number of nitro benzene ring substituents is 1.